The highest BCUT2D eigenvalue weighted by atomic mass is 32.1. The fourth-order valence-corrected chi connectivity index (χ4v) is 1.39. The first-order valence-corrected chi connectivity index (χ1v) is 6.26. The molecule has 0 heterocycles. The first kappa shape index (κ1) is 15.4. The second-order valence-corrected chi connectivity index (χ2v) is 4.47. The molecule has 0 aromatic heterocycles. The predicted octanol–water partition coefficient (Wildman–Crippen LogP) is 0.851. The van der Waals surface area contributed by atoms with E-state index >= 15 is 0 Å². The molecule has 5 nitrogen and oxygen atoms in total. The van der Waals surface area contributed by atoms with Gasteiger partial charge in [-0.2, -0.15) is 0 Å². The lowest BCUT2D eigenvalue weighted by atomic mass is 10.2. The van der Waals surface area contributed by atoms with Crippen LogP contribution >= 0.6 is 12.2 Å². The van der Waals surface area contributed by atoms with Gasteiger partial charge in [-0.25, -0.2) is 0 Å². The van der Waals surface area contributed by atoms with Crippen LogP contribution in [0.15, 0.2) is 24.3 Å². The van der Waals surface area contributed by atoms with E-state index in [0.717, 1.165) is 5.56 Å². The highest BCUT2D eigenvalue weighted by Crippen LogP contribution is 2.11. The summed E-state index contributed by atoms with van der Waals surface area (Å²) >= 11 is 4.84. The molecule has 0 bridgehead atoms. The first-order chi connectivity index (χ1) is 9.02. The molecule has 3 N–H and O–H groups in total. The van der Waals surface area contributed by atoms with Crippen LogP contribution < -0.4 is 15.8 Å². The smallest absolute Gasteiger partial charge is 0.258 e. The maximum atomic E-state index is 11.5. The maximum absolute atomic E-state index is 11.5. The second-order valence-electron chi connectivity index (χ2n) is 4.03. The van der Waals surface area contributed by atoms with Crippen molar-refractivity contribution in [1.29, 1.82) is 0 Å². The van der Waals surface area contributed by atoms with Gasteiger partial charge in [-0.05, 0) is 31.2 Å². The predicted molar refractivity (Wildman–Crippen MR) is 77.3 cm³/mol. The Morgan fingerprint density at radius 2 is 2.05 bits per heavy atom. The number of nitrogens with two attached hydrogens (primary N) is 1. The normalized spacial score (nSPS) is 11.7. The molecule has 0 aliphatic carbocycles. The maximum Gasteiger partial charge on any atom is 0.258 e. The van der Waals surface area contributed by atoms with Crippen molar-refractivity contribution >= 4 is 23.1 Å². The minimum Gasteiger partial charge on any atom is -0.484 e. The Hall–Kier alpha value is -1.66. The summed E-state index contributed by atoms with van der Waals surface area (Å²) in [7, 11) is 1.59. The van der Waals surface area contributed by atoms with E-state index in [1.165, 1.54) is 0 Å². The van der Waals surface area contributed by atoms with Crippen molar-refractivity contribution in [3.63, 3.8) is 0 Å². The van der Waals surface area contributed by atoms with Gasteiger partial charge in [0.15, 0.2) is 6.61 Å². The lowest BCUT2D eigenvalue weighted by Crippen LogP contribution is -2.34. The van der Waals surface area contributed by atoms with Gasteiger partial charge >= 0.3 is 0 Å². The van der Waals surface area contributed by atoms with Crippen LogP contribution in [0.2, 0.25) is 0 Å². The van der Waals surface area contributed by atoms with Gasteiger partial charge in [-0.3, -0.25) is 4.79 Å². The topological polar surface area (TPSA) is 73.6 Å². The zero-order valence-electron chi connectivity index (χ0n) is 11.0. The Balaban J connectivity index is 2.35. The number of benzene rings is 1. The molecule has 1 amide bonds. The van der Waals surface area contributed by atoms with Crippen molar-refractivity contribution in [1.82, 2.24) is 5.32 Å². The van der Waals surface area contributed by atoms with E-state index in [4.69, 9.17) is 27.4 Å². The molecule has 0 saturated heterocycles. The molecular formula is C13H18N2O3S. The van der Waals surface area contributed by atoms with Crippen LogP contribution in [0.4, 0.5) is 0 Å². The molecule has 19 heavy (non-hydrogen) atoms. The highest BCUT2D eigenvalue weighted by Gasteiger charge is 2.05. The summed E-state index contributed by atoms with van der Waals surface area (Å²) in [5.74, 6) is 0.400. The number of methoxy groups -OCH3 is 1. The molecule has 1 aromatic carbocycles. The van der Waals surface area contributed by atoms with Crippen molar-refractivity contribution in [2.45, 2.75) is 13.0 Å². The average molecular weight is 282 g/mol. The SMILES string of the molecule is COC(C)CNC(=O)COc1ccc(C(N)=S)cc1. The van der Waals surface area contributed by atoms with Crippen molar-refractivity contribution in [2.75, 3.05) is 20.3 Å². The fraction of sp³-hybridized carbons (Fsp3) is 0.385. The lowest BCUT2D eigenvalue weighted by molar-refractivity contribution is -0.123. The number of carbonyl (C=O) groups excluding carboxylic acids is 1. The first-order valence-electron chi connectivity index (χ1n) is 5.85. The third-order valence-electron chi connectivity index (χ3n) is 2.50. The third kappa shape index (κ3) is 5.67. The Bertz CT molecular complexity index is 434. The van der Waals surface area contributed by atoms with Crippen LogP contribution in [-0.2, 0) is 9.53 Å². The second kappa shape index (κ2) is 7.70. The van der Waals surface area contributed by atoms with Gasteiger partial charge in [0.25, 0.3) is 5.91 Å². The summed E-state index contributed by atoms with van der Waals surface area (Å²) in [6.07, 6.45) is -0.0196. The monoisotopic (exact) mass is 282 g/mol. The van der Waals surface area contributed by atoms with E-state index in [0.29, 0.717) is 17.3 Å². The molecule has 1 unspecified atom stereocenters. The quantitative estimate of drug-likeness (QED) is 0.725. The minimum absolute atomic E-state index is 0.0196. The average Bonchev–Trinajstić information content (AvgIpc) is 2.42. The summed E-state index contributed by atoms with van der Waals surface area (Å²) in [5, 5.41) is 2.70. The van der Waals surface area contributed by atoms with E-state index in [2.05, 4.69) is 5.32 Å². The third-order valence-corrected chi connectivity index (χ3v) is 2.73. The van der Waals surface area contributed by atoms with Crippen molar-refractivity contribution in [2.24, 2.45) is 5.73 Å². The number of nitrogens with one attached hydrogen (secondary N) is 1. The largest absolute Gasteiger partial charge is 0.484 e. The summed E-state index contributed by atoms with van der Waals surface area (Å²) in [5.41, 5.74) is 6.25. The summed E-state index contributed by atoms with van der Waals surface area (Å²) in [4.78, 5) is 11.8. The van der Waals surface area contributed by atoms with Crippen molar-refractivity contribution in [3.05, 3.63) is 29.8 Å². The molecule has 0 aliphatic rings. The van der Waals surface area contributed by atoms with Gasteiger partial charge < -0.3 is 20.5 Å². The molecule has 6 heteroatoms. The lowest BCUT2D eigenvalue weighted by Gasteiger charge is -2.11. The van der Waals surface area contributed by atoms with Gasteiger partial charge in [0.05, 0.1) is 6.10 Å². The molecule has 1 rings (SSSR count). The molecule has 0 radical (unpaired) electrons. The summed E-state index contributed by atoms with van der Waals surface area (Å²) in [6, 6.07) is 6.95. The Morgan fingerprint density at radius 3 is 2.58 bits per heavy atom. The van der Waals surface area contributed by atoms with Gasteiger partial charge in [-0.15, -0.1) is 0 Å². The van der Waals surface area contributed by atoms with Gasteiger partial charge in [0.1, 0.15) is 10.7 Å². The number of hydrogen-bond donors (Lipinski definition) is 2. The fourth-order valence-electron chi connectivity index (χ4n) is 1.26. The van der Waals surface area contributed by atoms with Crippen LogP contribution in [0.1, 0.15) is 12.5 Å². The minimum atomic E-state index is -0.192. The van der Waals surface area contributed by atoms with Gasteiger partial charge in [0, 0.05) is 19.2 Å². The highest BCUT2D eigenvalue weighted by molar-refractivity contribution is 7.80. The van der Waals surface area contributed by atoms with Crippen molar-refractivity contribution in [3.8, 4) is 5.75 Å². The van der Waals surface area contributed by atoms with Crippen LogP contribution in [0, 0.1) is 0 Å². The number of ether oxygens (including phenoxy) is 2. The van der Waals surface area contributed by atoms with Crippen LogP contribution in [0.5, 0.6) is 5.75 Å². The molecule has 0 fully saturated rings. The zero-order chi connectivity index (χ0) is 14.3. The molecule has 0 aliphatic heterocycles. The van der Waals surface area contributed by atoms with E-state index in [1.54, 1.807) is 31.4 Å². The molecule has 104 valence electrons. The number of amides is 1. The van der Waals surface area contributed by atoms with E-state index in [1.807, 2.05) is 6.92 Å². The van der Waals surface area contributed by atoms with Gasteiger partial charge in [0.2, 0.25) is 0 Å². The van der Waals surface area contributed by atoms with E-state index in [9.17, 15) is 4.79 Å². The molecule has 0 spiro atoms. The number of carbonyl (C=O) groups is 1. The Morgan fingerprint density at radius 1 is 1.42 bits per heavy atom. The number of rotatable bonds is 7. The van der Waals surface area contributed by atoms with Crippen molar-refractivity contribution < 1.29 is 14.3 Å². The Labute approximate surface area is 118 Å². The number of hydrogen-bond acceptors (Lipinski definition) is 4. The van der Waals surface area contributed by atoms with E-state index in [-0.39, 0.29) is 18.6 Å². The molecular weight excluding hydrogens is 264 g/mol. The molecule has 1 aromatic rings. The molecule has 1 atom stereocenters. The van der Waals surface area contributed by atoms with Gasteiger partial charge in [-0.1, -0.05) is 12.2 Å². The summed E-state index contributed by atoms with van der Waals surface area (Å²) < 4.78 is 10.4. The Kier molecular flexibility index (Phi) is 6.24. The number of thiocarbonyl (C=S) groups is 1. The van der Waals surface area contributed by atoms with Crippen LogP contribution in [0.3, 0.4) is 0 Å². The van der Waals surface area contributed by atoms with Crippen LogP contribution in [-0.4, -0.2) is 37.3 Å². The van der Waals surface area contributed by atoms with E-state index < -0.39 is 0 Å². The summed E-state index contributed by atoms with van der Waals surface area (Å²) in [6.45, 7) is 2.29. The zero-order valence-corrected chi connectivity index (χ0v) is 11.8. The van der Waals surface area contributed by atoms with Crippen LogP contribution in [0.25, 0.3) is 0 Å². The standard InChI is InChI=1S/C13H18N2O3S/c1-9(17-2)7-15-12(16)8-18-11-5-3-10(4-6-11)13(14)19/h3-6,9H,7-8H2,1-2H3,(H2,14,19)(H,15,16). The molecule has 0 saturated carbocycles.